The average Bonchev–Trinajstić information content (AvgIpc) is 3.30. The Morgan fingerprint density at radius 3 is 2.59 bits per heavy atom. The van der Waals surface area contributed by atoms with Gasteiger partial charge in [-0.1, -0.05) is 30.3 Å². The molecule has 3 N–H and O–H groups in total. The van der Waals surface area contributed by atoms with Crippen LogP contribution in [0.5, 0.6) is 0 Å². The van der Waals surface area contributed by atoms with Gasteiger partial charge in [0, 0.05) is 20.3 Å². The molecular formula is C17H26N2O3. The highest BCUT2D eigenvalue weighted by Crippen LogP contribution is 2.48. The number of benzene rings is 1. The van der Waals surface area contributed by atoms with Crippen LogP contribution in [0.4, 0.5) is 4.79 Å². The summed E-state index contributed by atoms with van der Waals surface area (Å²) in [4.78, 5) is 11.9. The highest BCUT2D eigenvalue weighted by molar-refractivity contribution is 5.74. The molecule has 22 heavy (non-hydrogen) atoms. The highest BCUT2D eigenvalue weighted by Gasteiger charge is 2.42. The zero-order valence-electron chi connectivity index (χ0n) is 13.4. The fourth-order valence-corrected chi connectivity index (χ4v) is 2.49. The average molecular weight is 306 g/mol. The van der Waals surface area contributed by atoms with E-state index in [0.29, 0.717) is 6.54 Å². The van der Waals surface area contributed by atoms with Gasteiger partial charge in [0.2, 0.25) is 0 Å². The third-order valence-electron chi connectivity index (χ3n) is 4.41. The summed E-state index contributed by atoms with van der Waals surface area (Å²) < 4.78 is 5.10. The van der Waals surface area contributed by atoms with Gasteiger partial charge in [-0.15, -0.1) is 0 Å². The molecule has 1 aromatic carbocycles. The Labute approximate surface area is 132 Å². The summed E-state index contributed by atoms with van der Waals surface area (Å²) in [7, 11) is 1.70. The van der Waals surface area contributed by atoms with E-state index in [4.69, 9.17) is 4.74 Å². The minimum absolute atomic E-state index is 0.175. The van der Waals surface area contributed by atoms with Gasteiger partial charge < -0.3 is 20.5 Å². The molecule has 1 atom stereocenters. The first-order valence-electron chi connectivity index (χ1n) is 7.76. The summed E-state index contributed by atoms with van der Waals surface area (Å²) in [5, 5.41) is 16.1. The molecule has 2 rings (SSSR count). The van der Waals surface area contributed by atoms with Crippen molar-refractivity contribution >= 4 is 6.03 Å². The van der Waals surface area contributed by atoms with E-state index in [1.807, 2.05) is 30.3 Å². The molecule has 1 fully saturated rings. The number of amides is 2. The largest absolute Gasteiger partial charge is 0.385 e. The van der Waals surface area contributed by atoms with Gasteiger partial charge in [0.15, 0.2) is 0 Å². The number of carbonyl (C=O) groups excluding carboxylic acids is 1. The van der Waals surface area contributed by atoms with Crippen LogP contribution in [0.2, 0.25) is 0 Å². The van der Waals surface area contributed by atoms with Crippen LogP contribution in [0.3, 0.4) is 0 Å². The van der Waals surface area contributed by atoms with Gasteiger partial charge in [-0.25, -0.2) is 4.79 Å². The van der Waals surface area contributed by atoms with Gasteiger partial charge in [-0.05, 0) is 37.2 Å². The number of ether oxygens (including phenoxy) is 1. The van der Waals surface area contributed by atoms with Crippen molar-refractivity contribution in [2.45, 2.75) is 31.8 Å². The number of carbonyl (C=O) groups is 1. The fourth-order valence-electron chi connectivity index (χ4n) is 2.49. The van der Waals surface area contributed by atoms with E-state index in [9.17, 15) is 9.90 Å². The number of aliphatic hydroxyl groups is 1. The molecule has 0 aromatic heterocycles. The lowest BCUT2D eigenvalue weighted by molar-refractivity contribution is 0.0593. The standard InChI is InChI=1S/C17H26N2O3/c1-16(21,14-6-4-3-5-7-14)12-18-15(20)19-13-17(8-9-17)10-11-22-2/h3-7,21H,8-13H2,1-2H3,(H2,18,19,20). The molecule has 1 aromatic rings. The maximum Gasteiger partial charge on any atom is 0.314 e. The van der Waals surface area contributed by atoms with Crippen LogP contribution in [-0.2, 0) is 10.3 Å². The first-order valence-corrected chi connectivity index (χ1v) is 7.76. The van der Waals surface area contributed by atoms with Crippen molar-refractivity contribution < 1.29 is 14.6 Å². The van der Waals surface area contributed by atoms with E-state index in [1.54, 1.807) is 14.0 Å². The smallest absolute Gasteiger partial charge is 0.314 e. The Kier molecular flexibility index (Phi) is 5.42. The van der Waals surface area contributed by atoms with Crippen LogP contribution in [0.25, 0.3) is 0 Å². The lowest BCUT2D eigenvalue weighted by Crippen LogP contribution is -2.45. The van der Waals surface area contributed by atoms with Gasteiger partial charge in [0.25, 0.3) is 0 Å². The second kappa shape index (κ2) is 7.11. The lowest BCUT2D eigenvalue weighted by Gasteiger charge is -2.24. The minimum Gasteiger partial charge on any atom is -0.385 e. The summed E-state index contributed by atoms with van der Waals surface area (Å²) in [5.74, 6) is 0. The molecular weight excluding hydrogens is 280 g/mol. The maximum absolute atomic E-state index is 11.9. The zero-order valence-corrected chi connectivity index (χ0v) is 13.4. The van der Waals surface area contributed by atoms with Crippen molar-refractivity contribution in [3.05, 3.63) is 35.9 Å². The van der Waals surface area contributed by atoms with Gasteiger partial charge in [0.05, 0.1) is 6.54 Å². The van der Waals surface area contributed by atoms with E-state index in [-0.39, 0.29) is 18.0 Å². The summed E-state index contributed by atoms with van der Waals surface area (Å²) in [5.41, 5.74) is -0.0737. The molecule has 1 unspecified atom stereocenters. The zero-order chi connectivity index (χ0) is 16.1. The van der Waals surface area contributed by atoms with Crippen molar-refractivity contribution in [1.29, 1.82) is 0 Å². The van der Waals surface area contributed by atoms with Gasteiger partial charge in [-0.3, -0.25) is 0 Å². The molecule has 0 spiro atoms. The van der Waals surface area contributed by atoms with Crippen LogP contribution < -0.4 is 10.6 Å². The van der Waals surface area contributed by atoms with Crippen molar-refractivity contribution in [2.75, 3.05) is 26.8 Å². The topological polar surface area (TPSA) is 70.6 Å². The lowest BCUT2D eigenvalue weighted by atomic mass is 9.96. The molecule has 0 bridgehead atoms. The van der Waals surface area contributed by atoms with E-state index in [1.165, 1.54) is 0 Å². The molecule has 1 saturated carbocycles. The third-order valence-corrected chi connectivity index (χ3v) is 4.41. The number of hydrogen-bond donors (Lipinski definition) is 3. The maximum atomic E-state index is 11.9. The molecule has 1 aliphatic carbocycles. The first-order chi connectivity index (χ1) is 10.5. The molecule has 0 aliphatic heterocycles. The van der Waals surface area contributed by atoms with Gasteiger partial charge in [-0.2, -0.15) is 0 Å². The Hall–Kier alpha value is -1.59. The SMILES string of the molecule is COCCC1(CNC(=O)NCC(C)(O)c2ccccc2)CC1. The molecule has 122 valence electrons. The van der Waals surface area contributed by atoms with E-state index in [0.717, 1.165) is 31.4 Å². The van der Waals surface area contributed by atoms with E-state index < -0.39 is 5.60 Å². The number of methoxy groups -OCH3 is 1. The van der Waals surface area contributed by atoms with Crippen molar-refractivity contribution in [3.63, 3.8) is 0 Å². The Balaban J connectivity index is 1.74. The van der Waals surface area contributed by atoms with Crippen LogP contribution in [-0.4, -0.2) is 37.9 Å². The number of rotatable bonds is 8. The molecule has 0 radical (unpaired) electrons. The van der Waals surface area contributed by atoms with Crippen LogP contribution in [0.1, 0.15) is 31.7 Å². The summed E-state index contributed by atoms with van der Waals surface area (Å²) >= 11 is 0. The summed E-state index contributed by atoms with van der Waals surface area (Å²) in [6.45, 7) is 3.26. The fraction of sp³-hybridized carbons (Fsp3) is 0.588. The molecule has 0 saturated heterocycles. The summed E-state index contributed by atoms with van der Waals surface area (Å²) in [6, 6.07) is 9.11. The number of urea groups is 1. The predicted molar refractivity (Wildman–Crippen MR) is 85.6 cm³/mol. The second-order valence-electron chi connectivity index (χ2n) is 6.42. The van der Waals surface area contributed by atoms with Crippen molar-refractivity contribution in [1.82, 2.24) is 10.6 Å². The van der Waals surface area contributed by atoms with E-state index in [2.05, 4.69) is 10.6 Å². The summed E-state index contributed by atoms with van der Waals surface area (Å²) in [6.07, 6.45) is 3.25. The van der Waals surface area contributed by atoms with Crippen LogP contribution in [0, 0.1) is 5.41 Å². The first kappa shape index (κ1) is 16.8. The molecule has 0 heterocycles. The number of hydrogen-bond acceptors (Lipinski definition) is 3. The second-order valence-corrected chi connectivity index (χ2v) is 6.42. The molecule has 2 amide bonds. The van der Waals surface area contributed by atoms with Crippen molar-refractivity contribution in [2.24, 2.45) is 5.41 Å². The monoisotopic (exact) mass is 306 g/mol. The molecule has 5 nitrogen and oxygen atoms in total. The van der Waals surface area contributed by atoms with Crippen LogP contribution in [0.15, 0.2) is 30.3 Å². The number of nitrogens with one attached hydrogen (secondary N) is 2. The van der Waals surface area contributed by atoms with Crippen molar-refractivity contribution in [3.8, 4) is 0 Å². The molecule has 1 aliphatic rings. The van der Waals surface area contributed by atoms with Gasteiger partial charge >= 0.3 is 6.03 Å². The van der Waals surface area contributed by atoms with E-state index >= 15 is 0 Å². The highest BCUT2D eigenvalue weighted by atomic mass is 16.5. The molecule has 5 heteroatoms. The Morgan fingerprint density at radius 2 is 2.00 bits per heavy atom. The van der Waals surface area contributed by atoms with Gasteiger partial charge in [0.1, 0.15) is 5.60 Å². The minimum atomic E-state index is -1.08. The predicted octanol–water partition coefficient (Wildman–Crippen LogP) is 2.01. The van der Waals surface area contributed by atoms with Crippen LogP contribution >= 0.6 is 0 Å². The normalized spacial score (nSPS) is 18.3. The Morgan fingerprint density at radius 1 is 1.32 bits per heavy atom. The Bertz CT molecular complexity index is 484. The third kappa shape index (κ3) is 4.71. The quantitative estimate of drug-likeness (QED) is 0.688.